The van der Waals surface area contributed by atoms with Crippen molar-refractivity contribution >= 4 is 23.6 Å². The van der Waals surface area contributed by atoms with Crippen molar-refractivity contribution in [3.63, 3.8) is 0 Å². The van der Waals surface area contributed by atoms with Crippen LogP contribution in [-0.4, -0.2) is 64.0 Å². The summed E-state index contributed by atoms with van der Waals surface area (Å²) in [5.74, 6) is -1.93. The van der Waals surface area contributed by atoms with E-state index in [4.69, 9.17) is 4.42 Å². The van der Waals surface area contributed by atoms with E-state index in [2.05, 4.69) is 0 Å². The SMILES string of the molecule is CCCCN1CC(=O)N2[C@H](c3ccc(C)o3)[C@@H]3C(=O)N(C)C(=O)[C@@H]3[C@]2(C)C1=O. The van der Waals surface area contributed by atoms with Crippen molar-refractivity contribution in [2.45, 2.75) is 45.2 Å². The Morgan fingerprint density at radius 2 is 1.89 bits per heavy atom. The second-order valence-corrected chi connectivity index (χ2v) is 8.12. The second-order valence-electron chi connectivity index (χ2n) is 8.12. The molecule has 3 aliphatic heterocycles. The summed E-state index contributed by atoms with van der Waals surface area (Å²) < 4.78 is 5.76. The first-order valence-electron chi connectivity index (χ1n) is 9.72. The molecule has 8 heteroatoms. The number of aryl methyl sites for hydroxylation is 1. The zero-order valence-corrected chi connectivity index (χ0v) is 16.6. The van der Waals surface area contributed by atoms with Gasteiger partial charge in [-0.15, -0.1) is 0 Å². The third kappa shape index (κ3) is 2.23. The van der Waals surface area contributed by atoms with Crippen LogP contribution < -0.4 is 0 Å². The van der Waals surface area contributed by atoms with E-state index in [9.17, 15) is 19.2 Å². The van der Waals surface area contributed by atoms with Gasteiger partial charge in [0.1, 0.15) is 23.1 Å². The molecular weight excluding hydrogens is 362 g/mol. The van der Waals surface area contributed by atoms with Crippen molar-refractivity contribution in [3.05, 3.63) is 23.7 Å². The number of carbonyl (C=O) groups excluding carboxylic acids is 4. The van der Waals surface area contributed by atoms with Crippen molar-refractivity contribution in [2.75, 3.05) is 20.1 Å². The Kier molecular flexibility index (Phi) is 4.13. The molecule has 0 bridgehead atoms. The van der Waals surface area contributed by atoms with Gasteiger partial charge in [0.05, 0.1) is 18.4 Å². The quantitative estimate of drug-likeness (QED) is 0.722. The lowest BCUT2D eigenvalue weighted by atomic mass is 9.79. The molecule has 150 valence electrons. The standard InChI is InChI=1S/C20H25N3O5/c1-5-6-9-22-10-13(24)23-16(12-8-7-11(2)28-12)14-15(20(23,3)19(22)27)18(26)21(4)17(14)25/h7-8,14-16H,5-6,9-10H2,1-4H3/t14-,15-,16-,20-/m1/s1. The molecule has 0 radical (unpaired) electrons. The predicted molar refractivity (Wildman–Crippen MR) is 97.7 cm³/mol. The molecule has 4 atom stereocenters. The summed E-state index contributed by atoms with van der Waals surface area (Å²) in [6.07, 6.45) is 1.66. The van der Waals surface area contributed by atoms with Gasteiger partial charge in [0.15, 0.2) is 0 Å². The number of unbranched alkanes of at least 4 members (excludes halogenated alkanes) is 1. The van der Waals surface area contributed by atoms with E-state index in [-0.39, 0.29) is 24.3 Å². The highest BCUT2D eigenvalue weighted by atomic mass is 16.3. The van der Waals surface area contributed by atoms with E-state index in [0.717, 1.165) is 17.7 Å². The van der Waals surface area contributed by atoms with Crippen LogP contribution in [0.5, 0.6) is 0 Å². The van der Waals surface area contributed by atoms with Gasteiger partial charge in [-0.3, -0.25) is 24.1 Å². The van der Waals surface area contributed by atoms with Gasteiger partial charge >= 0.3 is 0 Å². The Bertz CT molecular complexity index is 877. The van der Waals surface area contributed by atoms with Crippen LogP contribution >= 0.6 is 0 Å². The van der Waals surface area contributed by atoms with Gasteiger partial charge in [0.2, 0.25) is 23.6 Å². The van der Waals surface area contributed by atoms with Crippen LogP contribution in [0.1, 0.15) is 44.3 Å². The first-order valence-corrected chi connectivity index (χ1v) is 9.72. The molecule has 4 heterocycles. The molecule has 4 rings (SSSR count). The van der Waals surface area contributed by atoms with Crippen LogP contribution in [-0.2, 0) is 19.2 Å². The van der Waals surface area contributed by atoms with E-state index in [0.29, 0.717) is 18.1 Å². The first kappa shape index (κ1) is 18.7. The average Bonchev–Trinajstić information content (AvgIpc) is 3.27. The molecule has 8 nitrogen and oxygen atoms in total. The lowest BCUT2D eigenvalue weighted by molar-refractivity contribution is -0.167. The molecule has 0 aromatic carbocycles. The molecule has 0 spiro atoms. The van der Waals surface area contributed by atoms with E-state index < -0.39 is 29.3 Å². The molecular formula is C20H25N3O5. The molecule has 1 aromatic rings. The van der Waals surface area contributed by atoms with Crippen molar-refractivity contribution in [1.29, 1.82) is 0 Å². The number of imide groups is 1. The molecule has 0 N–H and O–H groups in total. The highest BCUT2D eigenvalue weighted by Gasteiger charge is 2.73. The minimum atomic E-state index is -1.39. The fourth-order valence-electron chi connectivity index (χ4n) is 5.07. The summed E-state index contributed by atoms with van der Waals surface area (Å²) in [5.41, 5.74) is -1.39. The van der Waals surface area contributed by atoms with Gasteiger partial charge in [0, 0.05) is 13.6 Å². The number of nitrogens with zero attached hydrogens (tertiary/aromatic N) is 3. The van der Waals surface area contributed by atoms with E-state index in [1.165, 1.54) is 16.8 Å². The number of piperazine rings is 1. The highest BCUT2D eigenvalue weighted by Crippen LogP contribution is 2.56. The van der Waals surface area contributed by atoms with Crippen LogP contribution in [0.3, 0.4) is 0 Å². The van der Waals surface area contributed by atoms with Gasteiger partial charge in [-0.05, 0) is 32.4 Å². The zero-order valence-electron chi connectivity index (χ0n) is 16.6. The number of likely N-dealkylation sites (tertiary alicyclic amines) is 1. The number of fused-ring (bicyclic) bond motifs is 3. The molecule has 3 aliphatic rings. The number of amides is 4. The van der Waals surface area contributed by atoms with Gasteiger partial charge in [0.25, 0.3) is 0 Å². The van der Waals surface area contributed by atoms with Crippen molar-refractivity contribution in [1.82, 2.24) is 14.7 Å². The molecule has 4 amide bonds. The summed E-state index contributed by atoms with van der Waals surface area (Å²) in [4.78, 5) is 56.6. The van der Waals surface area contributed by atoms with E-state index in [1.54, 1.807) is 26.0 Å². The summed E-state index contributed by atoms with van der Waals surface area (Å²) in [7, 11) is 1.44. The average molecular weight is 387 g/mol. The van der Waals surface area contributed by atoms with Gasteiger partial charge in [-0.1, -0.05) is 13.3 Å². The zero-order chi connectivity index (χ0) is 20.4. The van der Waals surface area contributed by atoms with E-state index in [1.807, 2.05) is 6.92 Å². The largest absolute Gasteiger partial charge is 0.464 e. The molecule has 3 saturated heterocycles. The maximum Gasteiger partial charge on any atom is 0.249 e. The second kappa shape index (κ2) is 6.18. The monoisotopic (exact) mass is 387 g/mol. The third-order valence-corrected chi connectivity index (χ3v) is 6.45. The fourth-order valence-corrected chi connectivity index (χ4v) is 5.07. The van der Waals surface area contributed by atoms with Crippen LogP contribution in [0, 0.1) is 18.8 Å². The summed E-state index contributed by atoms with van der Waals surface area (Å²) in [5, 5.41) is 0. The lowest BCUT2D eigenvalue weighted by Gasteiger charge is -2.46. The Hall–Kier alpha value is -2.64. The molecule has 28 heavy (non-hydrogen) atoms. The third-order valence-electron chi connectivity index (χ3n) is 6.45. The Morgan fingerprint density at radius 1 is 1.18 bits per heavy atom. The smallest absolute Gasteiger partial charge is 0.249 e. The summed E-state index contributed by atoms with van der Waals surface area (Å²) in [6.45, 7) is 5.84. The number of hydrogen-bond acceptors (Lipinski definition) is 5. The van der Waals surface area contributed by atoms with Crippen LogP contribution in [0.2, 0.25) is 0 Å². The Morgan fingerprint density at radius 3 is 2.50 bits per heavy atom. The summed E-state index contributed by atoms with van der Waals surface area (Å²) in [6, 6.07) is 2.73. The predicted octanol–water partition coefficient (Wildman–Crippen LogP) is 1.10. The molecule has 0 aliphatic carbocycles. The molecule has 0 saturated carbocycles. The maximum atomic E-state index is 13.5. The van der Waals surface area contributed by atoms with Crippen molar-refractivity contribution in [3.8, 4) is 0 Å². The Labute approximate surface area is 163 Å². The summed E-state index contributed by atoms with van der Waals surface area (Å²) >= 11 is 0. The minimum absolute atomic E-state index is 0.0394. The van der Waals surface area contributed by atoms with Crippen molar-refractivity contribution < 1.29 is 23.6 Å². The maximum absolute atomic E-state index is 13.5. The van der Waals surface area contributed by atoms with Gasteiger partial charge in [-0.2, -0.15) is 0 Å². The number of hydrogen-bond donors (Lipinski definition) is 0. The van der Waals surface area contributed by atoms with Crippen molar-refractivity contribution in [2.24, 2.45) is 11.8 Å². The van der Waals surface area contributed by atoms with Crippen LogP contribution in [0.15, 0.2) is 16.5 Å². The minimum Gasteiger partial charge on any atom is -0.464 e. The Balaban J connectivity index is 1.86. The van der Waals surface area contributed by atoms with Gasteiger partial charge < -0.3 is 14.2 Å². The number of furan rings is 1. The van der Waals surface area contributed by atoms with Crippen LogP contribution in [0.4, 0.5) is 0 Å². The normalized spacial score (nSPS) is 32.4. The lowest BCUT2D eigenvalue weighted by Crippen LogP contribution is -2.67. The molecule has 0 unspecified atom stereocenters. The number of carbonyl (C=O) groups is 4. The fraction of sp³-hybridized carbons (Fsp3) is 0.600. The number of rotatable bonds is 4. The topological polar surface area (TPSA) is 91.1 Å². The highest BCUT2D eigenvalue weighted by molar-refractivity contribution is 6.12. The van der Waals surface area contributed by atoms with Crippen LogP contribution in [0.25, 0.3) is 0 Å². The molecule has 1 aromatic heterocycles. The van der Waals surface area contributed by atoms with Gasteiger partial charge in [-0.25, -0.2) is 0 Å². The first-order chi connectivity index (χ1) is 13.2. The molecule has 3 fully saturated rings. The van der Waals surface area contributed by atoms with E-state index >= 15 is 0 Å².